The molecule has 10 nitrogen and oxygen atoms in total. The molecule has 1 saturated carbocycles. The second-order valence-corrected chi connectivity index (χ2v) is 10.3. The van der Waals surface area contributed by atoms with Crippen molar-refractivity contribution in [1.29, 1.82) is 0 Å². The standard InChI is InChI=1S/C28H32N6O4/c1-37-23-8-4-7-22(16-23)34-18-21(15-25(34)35)28(36)33-13-11-32(12-14-33)24-10-9-20(17-29-24)26-30-27(38-31-26)19-5-2-3-6-19/h4,7-10,16-17,19,21H,2-3,5-6,11-15,18H2,1H3. The number of ether oxygens (including phenoxy) is 1. The summed E-state index contributed by atoms with van der Waals surface area (Å²) < 4.78 is 10.8. The van der Waals surface area contributed by atoms with Gasteiger partial charge in [-0.1, -0.05) is 24.1 Å². The van der Waals surface area contributed by atoms with Crippen molar-refractivity contribution in [1.82, 2.24) is 20.0 Å². The lowest BCUT2D eigenvalue weighted by Gasteiger charge is -2.36. The molecule has 1 aliphatic carbocycles. The van der Waals surface area contributed by atoms with E-state index in [1.165, 1.54) is 12.8 Å². The fourth-order valence-corrected chi connectivity index (χ4v) is 5.71. The van der Waals surface area contributed by atoms with Crippen molar-refractivity contribution < 1.29 is 18.8 Å². The summed E-state index contributed by atoms with van der Waals surface area (Å²) in [4.78, 5) is 40.9. The van der Waals surface area contributed by atoms with Crippen LogP contribution in [-0.2, 0) is 9.59 Å². The van der Waals surface area contributed by atoms with E-state index in [9.17, 15) is 9.59 Å². The van der Waals surface area contributed by atoms with E-state index in [1.54, 1.807) is 18.2 Å². The molecule has 0 bridgehead atoms. The average Bonchev–Trinajstić information content (AvgIpc) is 3.74. The number of nitrogens with zero attached hydrogens (tertiary/aromatic N) is 6. The molecular weight excluding hydrogens is 484 g/mol. The van der Waals surface area contributed by atoms with Gasteiger partial charge in [-0.3, -0.25) is 9.59 Å². The number of hydrogen-bond donors (Lipinski definition) is 0. The van der Waals surface area contributed by atoms with Crippen molar-refractivity contribution >= 4 is 23.3 Å². The summed E-state index contributed by atoms with van der Waals surface area (Å²) in [5.41, 5.74) is 1.60. The third-order valence-electron chi connectivity index (χ3n) is 7.91. The van der Waals surface area contributed by atoms with E-state index in [1.807, 2.05) is 41.3 Å². The molecule has 0 N–H and O–H groups in total. The van der Waals surface area contributed by atoms with Gasteiger partial charge in [0.2, 0.25) is 23.5 Å². The number of anilines is 2. The number of aromatic nitrogens is 3. The number of methoxy groups -OCH3 is 1. The Balaban J connectivity index is 1.04. The van der Waals surface area contributed by atoms with Crippen LogP contribution in [0.5, 0.6) is 5.75 Å². The van der Waals surface area contributed by atoms with Crippen molar-refractivity contribution in [2.45, 2.75) is 38.0 Å². The smallest absolute Gasteiger partial charge is 0.230 e. The van der Waals surface area contributed by atoms with E-state index in [-0.39, 0.29) is 24.2 Å². The van der Waals surface area contributed by atoms with Gasteiger partial charge in [-0.05, 0) is 37.1 Å². The van der Waals surface area contributed by atoms with Gasteiger partial charge >= 0.3 is 0 Å². The first kappa shape index (κ1) is 24.4. The van der Waals surface area contributed by atoms with Gasteiger partial charge in [0.15, 0.2) is 0 Å². The molecule has 2 saturated heterocycles. The molecule has 4 heterocycles. The number of amides is 2. The Kier molecular flexibility index (Phi) is 6.70. The van der Waals surface area contributed by atoms with Gasteiger partial charge in [0.1, 0.15) is 11.6 Å². The van der Waals surface area contributed by atoms with Crippen LogP contribution in [0.1, 0.15) is 43.9 Å². The molecular formula is C28H32N6O4. The first-order chi connectivity index (χ1) is 18.6. The van der Waals surface area contributed by atoms with Gasteiger partial charge < -0.3 is 24.0 Å². The highest BCUT2D eigenvalue weighted by Gasteiger charge is 2.38. The molecule has 0 spiro atoms. The molecule has 2 amide bonds. The monoisotopic (exact) mass is 516 g/mol. The summed E-state index contributed by atoms with van der Waals surface area (Å²) in [6.45, 7) is 2.97. The quantitative estimate of drug-likeness (QED) is 0.490. The Morgan fingerprint density at radius 1 is 1.08 bits per heavy atom. The zero-order valence-corrected chi connectivity index (χ0v) is 21.6. The van der Waals surface area contributed by atoms with E-state index in [4.69, 9.17) is 9.26 Å². The van der Waals surface area contributed by atoms with Crippen LogP contribution in [0.2, 0.25) is 0 Å². The molecule has 198 valence electrons. The van der Waals surface area contributed by atoms with Crippen LogP contribution in [-0.4, -0.2) is 71.7 Å². The Bertz CT molecular complexity index is 1290. The molecule has 1 aromatic carbocycles. The average molecular weight is 517 g/mol. The van der Waals surface area contributed by atoms with E-state index in [2.05, 4.69) is 20.0 Å². The number of carbonyl (C=O) groups excluding carboxylic acids is 2. The molecule has 3 fully saturated rings. The van der Waals surface area contributed by atoms with E-state index in [0.29, 0.717) is 50.2 Å². The first-order valence-electron chi connectivity index (χ1n) is 13.4. The molecule has 3 aliphatic rings. The zero-order valence-electron chi connectivity index (χ0n) is 21.6. The number of rotatable bonds is 6. The predicted molar refractivity (Wildman–Crippen MR) is 141 cm³/mol. The number of hydrogen-bond acceptors (Lipinski definition) is 8. The Hall–Kier alpha value is -3.95. The second-order valence-electron chi connectivity index (χ2n) is 10.3. The number of carbonyl (C=O) groups is 2. The Morgan fingerprint density at radius 3 is 2.63 bits per heavy atom. The van der Waals surface area contributed by atoms with Crippen LogP contribution in [0.4, 0.5) is 11.5 Å². The Morgan fingerprint density at radius 2 is 1.89 bits per heavy atom. The van der Waals surface area contributed by atoms with E-state index >= 15 is 0 Å². The second kappa shape index (κ2) is 10.4. The highest BCUT2D eigenvalue weighted by atomic mass is 16.5. The minimum absolute atomic E-state index is 0.0310. The fraction of sp³-hybridized carbons (Fsp3) is 0.464. The molecule has 1 atom stereocenters. The van der Waals surface area contributed by atoms with Crippen molar-refractivity contribution in [3.8, 4) is 17.1 Å². The SMILES string of the molecule is COc1cccc(N2CC(C(=O)N3CCN(c4ccc(-c5noc(C6CCCC6)n5)cn4)CC3)CC2=O)c1. The van der Waals surface area contributed by atoms with Crippen molar-refractivity contribution in [2.75, 3.05) is 49.6 Å². The molecule has 2 aromatic heterocycles. The summed E-state index contributed by atoms with van der Waals surface area (Å²) in [5, 5.41) is 4.16. The highest BCUT2D eigenvalue weighted by Crippen LogP contribution is 2.34. The molecule has 2 aliphatic heterocycles. The molecule has 10 heteroatoms. The van der Waals surface area contributed by atoms with Crippen LogP contribution in [0.3, 0.4) is 0 Å². The van der Waals surface area contributed by atoms with Gasteiger partial charge in [-0.2, -0.15) is 4.98 Å². The lowest BCUT2D eigenvalue weighted by atomic mass is 10.1. The topological polar surface area (TPSA) is 105 Å². The van der Waals surface area contributed by atoms with Gasteiger partial charge in [-0.25, -0.2) is 4.98 Å². The molecule has 38 heavy (non-hydrogen) atoms. The van der Waals surface area contributed by atoms with Gasteiger partial charge in [0.05, 0.1) is 13.0 Å². The minimum Gasteiger partial charge on any atom is -0.497 e. The third kappa shape index (κ3) is 4.82. The lowest BCUT2D eigenvalue weighted by molar-refractivity contribution is -0.136. The maximum atomic E-state index is 13.3. The molecule has 0 radical (unpaired) electrons. The first-order valence-corrected chi connectivity index (χ1v) is 13.4. The summed E-state index contributed by atoms with van der Waals surface area (Å²) in [6, 6.07) is 11.3. The minimum atomic E-state index is -0.332. The van der Waals surface area contributed by atoms with Crippen LogP contribution in [0, 0.1) is 5.92 Å². The van der Waals surface area contributed by atoms with Gasteiger partial charge in [0, 0.05) is 68.6 Å². The molecule has 3 aromatic rings. The molecule has 6 rings (SSSR count). The van der Waals surface area contributed by atoms with Crippen molar-refractivity contribution in [3.05, 3.63) is 48.5 Å². The fourth-order valence-electron chi connectivity index (χ4n) is 5.71. The lowest BCUT2D eigenvalue weighted by Crippen LogP contribution is -2.51. The predicted octanol–water partition coefficient (Wildman–Crippen LogP) is 3.50. The third-order valence-corrected chi connectivity index (χ3v) is 7.91. The summed E-state index contributed by atoms with van der Waals surface area (Å²) in [5.74, 6) is 2.93. The van der Waals surface area contributed by atoms with Crippen LogP contribution in [0.15, 0.2) is 47.1 Å². The van der Waals surface area contributed by atoms with Crippen LogP contribution < -0.4 is 14.5 Å². The normalized spacial score (nSPS) is 20.4. The number of benzene rings is 1. The van der Waals surface area contributed by atoms with Gasteiger partial charge in [0.25, 0.3) is 0 Å². The Labute approximate surface area is 221 Å². The number of pyridine rings is 1. The maximum absolute atomic E-state index is 13.3. The van der Waals surface area contributed by atoms with E-state index in [0.717, 1.165) is 35.8 Å². The zero-order chi connectivity index (χ0) is 26.1. The van der Waals surface area contributed by atoms with Crippen molar-refractivity contribution in [2.24, 2.45) is 5.92 Å². The van der Waals surface area contributed by atoms with Crippen LogP contribution >= 0.6 is 0 Å². The highest BCUT2D eigenvalue weighted by molar-refractivity contribution is 6.00. The maximum Gasteiger partial charge on any atom is 0.230 e. The largest absolute Gasteiger partial charge is 0.497 e. The summed E-state index contributed by atoms with van der Waals surface area (Å²) >= 11 is 0. The summed E-state index contributed by atoms with van der Waals surface area (Å²) in [7, 11) is 1.60. The summed E-state index contributed by atoms with van der Waals surface area (Å²) in [6.07, 6.45) is 6.69. The van der Waals surface area contributed by atoms with Crippen molar-refractivity contribution in [3.63, 3.8) is 0 Å². The van der Waals surface area contributed by atoms with Crippen LogP contribution in [0.25, 0.3) is 11.4 Å². The molecule has 1 unspecified atom stereocenters. The van der Waals surface area contributed by atoms with E-state index < -0.39 is 0 Å². The van der Waals surface area contributed by atoms with Gasteiger partial charge in [-0.15, -0.1) is 0 Å². The number of piperazine rings is 1.